The number of hydrogen-bond acceptors (Lipinski definition) is 2. The maximum Gasteiger partial charge on any atom is 0.152 e. The highest BCUT2D eigenvalue weighted by Crippen LogP contribution is 2.27. The Hall–Kier alpha value is -0.990. The van der Waals surface area contributed by atoms with Crippen molar-refractivity contribution < 1.29 is 4.42 Å². The first kappa shape index (κ1) is 10.2. The van der Waals surface area contributed by atoms with Gasteiger partial charge in [-0.15, -0.1) is 0 Å². The number of halogens is 1. The molecule has 3 heteroatoms. The van der Waals surface area contributed by atoms with Crippen LogP contribution in [0.15, 0.2) is 28.7 Å². The summed E-state index contributed by atoms with van der Waals surface area (Å²) < 4.78 is 5.79. The number of para-hydroxylation sites is 1. The van der Waals surface area contributed by atoms with Gasteiger partial charge in [-0.3, -0.25) is 4.90 Å². The number of likely N-dealkylation sites (tertiary alicyclic amines) is 1. The largest absolute Gasteiger partial charge is 0.458 e. The highest BCUT2D eigenvalue weighted by atomic mass is 35.5. The van der Waals surface area contributed by atoms with Crippen LogP contribution in [0.5, 0.6) is 0 Å². The minimum Gasteiger partial charge on any atom is -0.458 e. The summed E-state index contributed by atoms with van der Waals surface area (Å²) >= 11 is 6.08. The quantitative estimate of drug-likeness (QED) is 0.790. The lowest BCUT2D eigenvalue weighted by Gasteiger charge is -2.11. The maximum absolute atomic E-state index is 6.08. The fourth-order valence-corrected chi connectivity index (χ4v) is 2.54. The third-order valence-corrected chi connectivity index (χ3v) is 3.42. The predicted octanol–water partition coefficient (Wildman–Crippen LogP) is 3.68. The zero-order chi connectivity index (χ0) is 11.0. The molecule has 1 fully saturated rings. The van der Waals surface area contributed by atoms with Gasteiger partial charge >= 0.3 is 0 Å². The minimum atomic E-state index is 0.699. The van der Waals surface area contributed by atoms with Crippen LogP contribution < -0.4 is 0 Å². The summed E-state index contributed by atoms with van der Waals surface area (Å²) in [6, 6.07) is 7.96. The van der Waals surface area contributed by atoms with Crippen LogP contribution in [0, 0.1) is 0 Å². The molecule has 1 aliphatic heterocycles. The van der Waals surface area contributed by atoms with E-state index >= 15 is 0 Å². The molecular weight excluding hydrogens is 222 g/mol. The molecule has 0 unspecified atom stereocenters. The van der Waals surface area contributed by atoms with Crippen molar-refractivity contribution in [3.05, 3.63) is 35.0 Å². The highest BCUT2D eigenvalue weighted by Gasteiger charge is 2.14. The number of hydrogen-bond donors (Lipinski definition) is 0. The van der Waals surface area contributed by atoms with Crippen LogP contribution in [0.1, 0.15) is 18.6 Å². The van der Waals surface area contributed by atoms with E-state index in [0.29, 0.717) is 5.02 Å². The van der Waals surface area contributed by atoms with Gasteiger partial charge in [-0.25, -0.2) is 0 Å². The lowest BCUT2D eigenvalue weighted by Crippen LogP contribution is -2.17. The van der Waals surface area contributed by atoms with Crippen LogP contribution >= 0.6 is 11.6 Å². The fourth-order valence-electron chi connectivity index (χ4n) is 2.32. The Morgan fingerprint density at radius 3 is 2.81 bits per heavy atom. The second kappa shape index (κ2) is 4.11. The van der Waals surface area contributed by atoms with Crippen LogP contribution in [0.25, 0.3) is 11.0 Å². The van der Waals surface area contributed by atoms with Crippen molar-refractivity contribution >= 4 is 22.6 Å². The molecule has 0 spiro atoms. The Bertz CT molecular complexity index is 500. The Kier molecular flexibility index (Phi) is 2.62. The van der Waals surface area contributed by atoms with Crippen LogP contribution in [0.3, 0.4) is 0 Å². The topological polar surface area (TPSA) is 16.4 Å². The second-order valence-corrected chi connectivity index (χ2v) is 4.76. The van der Waals surface area contributed by atoms with Gasteiger partial charge in [0.25, 0.3) is 0 Å². The Morgan fingerprint density at radius 2 is 2.06 bits per heavy atom. The zero-order valence-corrected chi connectivity index (χ0v) is 9.83. The Labute approximate surface area is 99.8 Å². The Balaban J connectivity index is 1.90. The van der Waals surface area contributed by atoms with E-state index in [1.807, 2.05) is 18.2 Å². The van der Waals surface area contributed by atoms with Gasteiger partial charge in [-0.2, -0.15) is 0 Å². The molecule has 2 aromatic rings. The number of benzene rings is 1. The van der Waals surface area contributed by atoms with Crippen molar-refractivity contribution in [1.29, 1.82) is 0 Å². The van der Waals surface area contributed by atoms with Crippen LogP contribution in [-0.2, 0) is 6.54 Å². The fraction of sp³-hybridized carbons (Fsp3) is 0.385. The summed E-state index contributed by atoms with van der Waals surface area (Å²) in [5.74, 6) is 1.02. The van der Waals surface area contributed by atoms with Gasteiger partial charge in [0.1, 0.15) is 5.76 Å². The number of fused-ring (bicyclic) bond motifs is 1. The van der Waals surface area contributed by atoms with Gasteiger partial charge in [0.15, 0.2) is 5.58 Å². The molecule has 0 N–H and O–H groups in total. The van der Waals surface area contributed by atoms with Gasteiger partial charge in [0.05, 0.1) is 11.6 Å². The molecule has 0 atom stereocenters. The molecular formula is C13H14ClNO. The molecule has 1 aliphatic rings. The van der Waals surface area contributed by atoms with E-state index < -0.39 is 0 Å². The first-order valence-corrected chi connectivity index (χ1v) is 6.10. The minimum absolute atomic E-state index is 0.699. The van der Waals surface area contributed by atoms with E-state index in [1.54, 1.807) is 0 Å². The summed E-state index contributed by atoms with van der Waals surface area (Å²) in [5, 5.41) is 1.80. The monoisotopic (exact) mass is 235 g/mol. The summed E-state index contributed by atoms with van der Waals surface area (Å²) in [4.78, 5) is 2.42. The number of furan rings is 1. The summed E-state index contributed by atoms with van der Waals surface area (Å²) in [6.45, 7) is 3.28. The van der Waals surface area contributed by atoms with Gasteiger partial charge in [-0.05, 0) is 38.1 Å². The van der Waals surface area contributed by atoms with Gasteiger partial charge in [0, 0.05) is 5.39 Å². The van der Waals surface area contributed by atoms with E-state index in [9.17, 15) is 0 Å². The van der Waals surface area contributed by atoms with Crippen LogP contribution in [0.2, 0.25) is 5.02 Å². The van der Waals surface area contributed by atoms with E-state index in [-0.39, 0.29) is 0 Å². The smallest absolute Gasteiger partial charge is 0.152 e. The lowest BCUT2D eigenvalue weighted by molar-refractivity contribution is 0.302. The van der Waals surface area contributed by atoms with Crippen molar-refractivity contribution in [1.82, 2.24) is 4.90 Å². The van der Waals surface area contributed by atoms with Crippen LogP contribution in [0.4, 0.5) is 0 Å². The lowest BCUT2D eigenvalue weighted by atomic mass is 10.2. The average Bonchev–Trinajstić information content (AvgIpc) is 2.88. The van der Waals surface area contributed by atoms with E-state index in [4.69, 9.17) is 16.0 Å². The second-order valence-electron chi connectivity index (χ2n) is 4.35. The maximum atomic E-state index is 6.08. The standard InChI is InChI=1S/C13H14ClNO/c14-12-5-3-4-10-8-11(16-13(10)12)9-15-6-1-2-7-15/h3-5,8H,1-2,6-7,9H2. The first-order valence-electron chi connectivity index (χ1n) is 5.72. The molecule has 1 aromatic heterocycles. The molecule has 0 bridgehead atoms. The molecule has 3 rings (SSSR count). The average molecular weight is 236 g/mol. The molecule has 0 saturated carbocycles. The van der Waals surface area contributed by atoms with Crippen LogP contribution in [-0.4, -0.2) is 18.0 Å². The highest BCUT2D eigenvalue weighted by molar-refractivity contribution is 6.34. The SMILES string of the molecule is Clc1cccc2cc(CN3CCCC3)oc12. The molecule has 16 heavy (non-hydrogen) atoms. The van der Waals surface area contributed by atoms with Crippen molar-refractivity contribution in [2.24, 2.45) is 0 Å². The summed E-state index contributed by atoms with van der Waals surface area (Å²) in [6.07, 6.45) is 2.61. The molecule has 0 amide bonds. The predicted molar refractivity (Wildman–Crippen MR) is 65.7 cm³/mol. The number of rotatable bonds is 2. The molecule has 0 aliphatic carbocycles. The van der Waals surface area contributed by atoms with Gasteiger partial charge < -0.3 is 4.42 Å². The van der Waals surface area contributed by atoms with Gasteiger partial charge in [-0.1, -0.05) is 23.7 Å². The third kappa shape index (κ3) is 1.83. The van der Waals surface area contributed by atoms with Crippen molar-refractivity contribution in [2.75, 3.05) is 13.1 Å². The van der Waals surface area contributed by atoms with Gasteiger partial charge in [0.2, 0.25) is 0 Å². The van der Waals surface area contributed by atoms with Crippen molar-refractivity contribution in [2.45, 2.75) is 19.4 Å². The molecule has 2 nitrogen and oxygen atoms in total. The first-order chi connectivity index (χ1) is 7.83. The van der Waals surface area contributed by atoms with E-state index in [0.717, 1.165) is 23.3 Å². The normalized spacial score (nSPS) is 17.3. The summed E-state index contributed by atoms with van der Waals surface area (Å²) in [7, 11) is 0. The van der Waals surface area contributed by atoms with E-state index in [1.165, 1.54) is 25.9 Å². The third-order valence-electron chi connectivity index (χ3n) is 3.13. The van der Waals surface area contributed by atoms with E-state index in [2.05, 4.69) is 11.0 Å². The zero-order valence-electron chi connectivity index (χ0n) is 9.08. The van der Waals surface area contributed by atoms with Crippen molar-refractivity contribution in [3.63, 3.8) is 0 Å². The molecule has 0 radical (unpaired) electrons. The molecule has 84 valence electrons. The number of nitrogens with zero attached hydrogens (tertiary/aromatic N) is 1. The summed E-state index contributed by atoms with van der Waals surface area (Å²) in [5.41, 5.74) is 0.818. The molecule has 2 heterocycles. The Morgan fingerprint density at radius 1 is 1.25 bits per heavy atom. The molecule has 1 aromatic carbocycles. The van der Waals surface area contributed by atoms with Crippen molar-refractivity contribution in [3.8, 4) is 0 Å². The molecule has 1 saturated heterocycles.